The van der Waals surface area contributed by atoms with E-state index in [0.29, 0.717) is 12.5 Å². The first-order chi connectivity index (χ1) is 8.93. The zero-order valence-corrected chi connectivity index (χ0v) is 14.0. The summed E-state index contributed by atoms with van der Waals surface area (Å²) >= 11 is 6.88. The van der Waals surface area contributed by atoms with Crippen LogP contribution in [0.1, 0.15) is 25.8 Å². The van der Waals surface area contributed by atoms with Crippen LogP contribution in [0.25, 0.3) is 6.08 Å². The van der Waals surface area contributed by atoms with Gasteiger partial charge in [-0.15, -0.1) is 0 Å². The number of hydrogen-bond donors (Lipinski definition) is 1. The van der Waals surface area contributed by atoms with Gasteiger partial charge in [0.05, 0.1) is 15.6 Å². The van der Waals surface area contributed by atoms with Gasteiger partial charge in [0.2, 0.25) is 0 Å². The molecule has 1 N–H and O–H groups in total. The summed E-state index contributed by atoms with van der Waals surface area (Å²) in [5.74, 6) is 0.266. The van der Waals surface area contributed by atoms with E-state index in [2.05, 4.69) is 45.7 Å². The van der Waals surface area contributed by atoms with Gasteiger partial charge in [-0.25, -0.2) is 4.79 Å². The molecule has 0 spiro atoms. The number of carbonyl (C=O) groups is 1. The molecule has 1 aromatic carbocycles. The van der Waals surface area contributed by atoms with Gasteiger partial charge >= 0.3 is 5.97 Å². The molecule has 0 radical (unpaired) electrons. The fourth-order valence-electron chi connectivity index (χ4n) is 1.32. The highest BCUT2D eigenvalue weighted by molar-refractivity contribution is 9.11. The van der Waals surface area contributed by atoms with E-state index in [1.165, 1.54) is 6.08 Å². The van der Waals surface area contributed by atoms with Crippen molar-refractivity contribution in [1.29, 1.82) is 0 Å². The molecule has 3 nitrogen and oxygen atoms in total. The number of benzene rings is 1. The van der Waals surface area contributed by atoms with Crippen LogP contribution in [0.4, 0.5) is 0 Å². The molecule has 1 atom stereocenters. The fourth-order valence-corrected chi connectivity index (χ4v) is 2.78. The number of rotatable bonds is 6. The zero-order valence-electron chi connectivity index (χ0n) is 10.8. The molecule has 0 saturated heterocycles. The molecular formula is C14H16Br2O3. The number of hydrogen-bond acceptors (Lipinski definition) is 2. The Morgan fingerprint density at radius 3 is 2.47 bits per heavy atom. The van der Waals surface area contributed by atoms with Crippen molar-refractivity contribution in [2.75, 3.05) is 6.61 Å². The summed E-state index contributed by atoms with van der Waals surface area (Å²) in [4.78, 5) is 10.5. The van der Waals surface area contributed by atoms with Gasteiger partial charge in [-0.3, -0.25) is 0 Å². The second kappa shape index (κ2) is 7.70. The minimum absolute atomic E-state index is 0.491. The second-order valence-electron chi connectivity index (χ2n) is 4.31. The van der Waals surface area contributed by atoms with Crippen molar-refractivity contribution < 1.29 is 14.6 Å². The van der Waals surface area contributed by atoms with Crippen molar-refractivity contribution in [3.63, 3.8) is 0 Å². The number of carboxylic acids is 1. The summed E-state index contributed by atoms with van der Waals surface area (Å²) in [7, 11) is 0. The summed E-state index contributed by atoms with van der Waals surface area (Å²) in [6.07, 6.45) is 3.71. The van der Waals surface area contributed by atoms with Gasteiger partial charge in [0, 0.05) is 6.08 Å². The van der Waals surface area contributed by atoms with Gasteiger partial charge < -0.3 is 9.84 Å². The van der Waals surface area contributed by atoms with Gasteiger partial charge in [0.25, 0.3) is 0 Å². The molecule has 104 valence electrons. The number of carboxylic acid groups (broad SMARTS) is 1. The van der Waals surface area contributed by atoms with Crippen molar-refractivity contribution in [3.8, 4) is 5.75 Å². The summed E-state index contributed by atoms with van der Waals surface area (Å²) in [6, 6.07) is 3.66. The molecule has 19 heavy (non-hydrogen) atoms. The van der Waals surface area contributed by atoms with Crippen molar-refractivity contribution in [2.45, 2.75) is 20.3 Å². The Balaban J connectivity index is 2.88. The maximum atomic E-state index is 10.5. The molecule has 5 heteroatoms. The highest BCUT2D eigenvalue weighted by Crippen LogP contribution is 2.35. The monoisotopic (exact) mass is 390 g/mol. The van der Waals surface area contributed by atoms with Crippen molar-refractivity contribution in [2.24, 2.45) is 5.92 Å². The maximum Gasteiger partial charge on any atom is 0.328 e. The maximum absolute atomic E-state index is 10.5. The molecule has 0 amide bonds. The zero-order chi connectivity index (χ0) is 14.4. The first-order valence-electron chi connectivity index (χ1n) is 5.96. The van der Waals surface area contributed by atoms with E-state index in [9.17, 15) is 4.79 Å². The second-order valence-corrected chi connectivity index (χ2v) is 6.02. The van der Waals surface area contributed by atoms with E-state index in [1.54, 1.807) is 0 Å². The lowest BCUT2D eigenvalue weighted by atomic mass is 10.1. The Morgan fingerprint density at radius 2 is 2.00 bits per heavy atom. The first-order valence-corrected chi connectivity index (χ1v) is 7.55. The number of halogens is 2. The molecule has 1 rings (SSSR count). The molecule has 0 aromatic heterocycles. The Labute approximate surface area is 129 Å². The van der Waals surface area contributed by atoms with Crippen LogP contribution in [0.2, 0.25) is 0 Å². The van der Waals surface area contributed by atoms with Gasteiger partial charge in [-0.2, -0.15) is 0 Å². The van der Waals surface area contributed by atoms with E-state index < -0.39 is 5.97 Å². The average molecular weight is 392 g/mol. The van der Waals surface area contributed by atoms with E-state index >= 15 is 0 Å². The normalized spacial score (nSPS) is 12.6. The molecule has 1 aromatic rings. The smallest absolute Gasteiger partial charge is 0.328 e. The molecule has 0 aliphatic carbocycles. The highest BCUT2D eigenvalue weighted by atomic mass is 79.9. The van der Waals surface area contributed by atoms with Crippen LogP contribution in [0.3, 0.4) is 0 Å². The van der Waals surface area contributed by atoms with Crippen LogP contribution >= 0.6 is 31.9 Å². The summed E-state index contributed by atoms with van der Waals surface area (Å²) in [6.45, 7) is 4.90. The van der Waals surface area contributed by atoms with Crippen LogP contribution < -0.4 is 4.74 Å². The van der Waals surface area contributed by atoms with E-state index in [0.717, 1.165) is 32.8 Å². The molecule has 0 saturated carbocycles. The van der Waals surface area contributed by atoms with Crippen molar-refractivity contribution >= 4 is 43.9 Å². The molecule has 0 fully saturated rings. The van der Waals surface area contributed by atoms with Gasteiger partial charge in [0.1, 0.15) is 5.75 Å². The summed E-state index contributed by atoms with van der Waals surface area (Å²) < 4.78 is 7.37. The van der Waals surface area contributed by atoms with Gasteiger partial charge in [0.15, 0.2) is 0 Å². The predicted octanol–water partition coefficient (Wildman–Crippen LogP) is 4.73. The topological polar surface area (TPSA) is 46.5 Å². The first kappa shape index (κ1) is 16.2. The minimum atomic E-state index is -0.968. The lowest BCUT2D eigenvalue weighted by Crippen LogP contribution is -2.08. The Morgan fingerprint density at radius 1 is 1.42 bits per heavy atom. The predicted molar refractivity (Wildman–Crippen MR) is 83.5 cm³/mol. The minimum Gasteiger partial charge on any atom is -0.491 e. The highest BCUT2D eigenvalue weighted by Gasteiger charge is 2.10. The van der Waals surface area contributed by atoms with E-state index in [1.807, 2.05) is 12.1 Å². The molecule has 1 unspecified atom stereocenters. The molecule has 0 aliphatic heterocycles. The number of aliphatic carboxylic acids is 1. The molecule has 0 aliphatic rings. The van der Waals surface area contributed by atoms with E-state index in [4.69, 9.17) is 9.84 Å². The van der Waals surface area contributed by atoms with Crippen molar-refractivity contribution in [1.82, 2.24) is 0 Å². The van der Waals surface area contributed by atoms with Crippen LogP contribution in [0, 0.1) is 5.92 Å². The third-order valence-electron chi connectivity index (χ3n) is 2.65. The Hall–Kier alpha value is -0.810. The van der Waals surface area contributed by atoms with Crippen LogP contribution in [0.15, 0.2) is 27.2 Å². The van der Waals surface area contributed by atoms with Gasteiger partial charge in [-0.05, 0) is 61.5 Å². The van der Waals surface area contributed by atoms with Crippen LogP contribution in [-0.2, 0) is 4.79 Å². The SMILES string of the molecule is CCC(C)COc1c(Br)cc(/C=C/C(=O)O)cc1Br. The lowest BCUT2D eigenvalue weighted by Gasteiger charge is -2.14. The third-order valence-corrected chi connectivity index (χ3v) is 3.83. The molecule has 0 heterocycles. The third kappa shape index (κ3) is 5.37. The standard InChI is InChI=1S/C14H16Br2O3/c1-3-9(2)8-19-14-11(15)6-10(7-12(14)16)4-5-13(17)18/h4-7,9H,3,8H2,1-2H3,(H,17,18)/b5-4+. The van der Waals surface area contributed by atoms with Crippen LogP contribution in [0.5, 0.6) is 5.75 Å². The molecule has 0 bridgehead atoms. The van der Waals surface area contributed by atoms with E-state index in [-0.39, 0.29) is 0 Å². The van der Waals surface area contributed by atoms with Crippen LogP contribution in [-0.4, -0.2) is 17.7 Å². The van der Waals surface area contributed by atoms with Crippen molar-refractivity contribution in [3.05, 3.63) is 32.7 Å². The molecular weight excluding hydrogens is 376 g/mol. The average Bonchev–Trinajstić information content (AvgIpc) is 2.34. The fraction of sp³-hybridized carbons (Fsp3) is 0.357. The quantitative estimate of drug-likeness (QED) is 0.712. The Kier molecular flexibility index (Phi) is 6.58. The lowest BCUT2D eigenvalue weighted by molar-refractivity contribution is -0.131. The number of ether oxygens (including phenoxy) is 1. The Bertz CT molecular complexity index is 461. The van der Waals surface area contributed by atoms with Gasteiger partial charge in [-0.1, -0.05) is 20.3 Å². The summed E-state index contributed by atoms with van der Waals surface area (Å²) in [5.41, 5.74) is 0.789. The largest absolute Gasteiger partial charge is 0.491 e. The summed E-state index contributed by atoms with van der Waals surface area (Å²) in [5, 5.41) is 8.61.